The van der Waals surface area contributed by atoms with Crippen molar-refractivity contribution in [2.45, 2.75) is 32.8 Å². The summed E-state index contributed by atoms with van der Waals surface area (Å²) in [7, 11) is 0. The Balaban J connectivity index is 1.75. The van der Waals surface area contributed by atoms with Gasteiger partial charge in [0.2, 0.25) is 0 Å². The second-order valence-corrected chi connectivity index (χ2v) is 8.94. The van der Waals surface area contributed by atoms with Crippen LogP contribution in [0.4, 0.5) is 24.5 Å². The van der Waals surface area contributed by atoms with Crippen LogP contribution in [-0.4, -0.2) is 71.0 Å². The largest absolute Gasteiger partial charge is 0.488 e. The van der Waals surface area contributed by atoms with E-state index in [1.54, 1.807) is 44.2 Å². The van der Waals surface area contributed by atoms with Crippen LogP contribution >= 0.6 is 11.6 Å². The molecule has 0 aromatic heterocycles. The Kier molecular flexibility index (Phi) is 9.55. The lowest BCUT2D eigenvalue weighted by Crippen LogP contribution is -2.67. The minimum Gasteiger partial charge on any atom is -0.488 e. The zero-order valence-corrected chi connectivity index (χ0v) is 21.4. The quantitative estimate of drug-likeness (QED) is 0.288. The van der Waals surface area contributed by atoms with Crippen LogP contribution in [0.15, 0.2) is 42.5 Å². The Morgan fingerprint density at radius 3 is 2.50 bits per heavy atom. The molecule has 14 heteroatoms. The fourth-order valence-corrected chi connectivity index (χ4v) is 3.61. The molecule has 0 bridgehead atoms. The van der Waals surface area contributed by atoms with Crippen molar-refractivity contribution in [3.63, 3.8) is 0 Å². The molecule has 1 saturated heterocycles. The van der Waals surface area contributed by atoms with Gasteiger partial charge in [0.15, 0.2) is 17.9 Å². The van der Waals surface area contributed by atoms with Gasteiger partial charge in [0, 0.05) is 29.9 Å². The number of carbonyl (C=O) groups is 4. The number of aliphatic carboxylic acids is 1. The number of hydrogen-bond donors (Lipinski definition) is 5. The minimum atomic E-state index is -1.22. The Bertz CT molecular complexity index is 1180. The first-order valence-corrected chi connectivity index (χ1v) is 12.0. The molecule has 12 nitrogen and oxygen atoms in total. The summed E-state index contributed by atoms with van der Waals surface area (Å²) in [4.78, 5) is 50.6. The molecule has 0 radical (unpaired) electrons. The van der Waals surface area contributed by atoms with Gasteiger partial charge in [-0.05, 0) is 43.7 Å². The highest BCUT2D eigenvalue weighted by Gasteiger charge is 2.38. The molecular weight excluding hydrogens is 523 g/mol. The van der Waals surface area contributed by atoms with E-state index in [0.717, 1.165) is 4.90 Å². The second kappa shape index (κ2) is 12.8. The van der Waals surface area contributed by atoms with Crippen molar-refractivity contribution in [1.82, 2.24) is 25.8 Å². The van der Waals surface area contributed by atoms with E-state index in [2.05, 4.69) is 21.3 Å². The molecule has 6 amide bonds. The number of carboxylic acids is 1. The third kappa shape index (κ3) is 7.87. The first kappa shape index (κ1) is 28.3. The van der Waals surface area contributed by atoms with E-state index in [1.807, 2.05) is 0 Å². The summed E-state index contributed by atoms with van der Waals surface area (Å²) in [6, 6.07) is 8.79. The van der Waals surface area contributed by atoms with Crippen LogP contribution in [-0.2, 0) is 11.3 Å². The van der Waals surface area contributed by atoms with Gasteiger partial charge in [0.25, 0.3) is 0 Å². The number of rotatable bonds is 11. The Morgan fingerprint density at radius 1 is 1.16 bits per heavy atom. The summed E-state index contributed by atoms with van der Waals surface area (Å²) in [5, 5.41) is 19.3. The molecule has 38 heavy (non-hydrogen) atoms. The summed E-state index contributed by atoms with van der Waals surface area (Å²) >= 11 is 5.97. The van der Waals surface area contributed by atoms with Crippen LogP contribution in [0.25, 0.3) is 0 Å². The monoisotopic (exact) mass is 550 g/mol. The van der Waals surface area contributed by atoms with E-state index in [4.69, 9.17) is 21.4 Å². The molecular formula is C24H28ClFN6O6. The van der Waals surface area contributed by atoms with Gasteiger partial charge >= 0.3 is 24.1 Å². The van der Waals surface area contributed by atoms with E-state index in [0.29, 0.717) is 16.3 Å². The number of anilines is 1. The number of imide groups is 1. The third-order valence-corrected chi connectivity index (χ3v) is 5.43. The molecule has 2 aromatic carbocycles. The fourth-order valence-electron chi connectivity index (χ4n) is 3.48. The lowest BCUT2D eigenvalue weighted by molar-refractivity contribution is -0.135. The highest BCUT2D eigenvalue weighted by Crippen LogP contribution is 2.24. The van der Waals surface area contributed by atoms with Gasteiger partial charge in [-0.2, -0.15) is 0 Å². The van der Waals surface area contributed by atoms with Gasteiger partial charge in [-0.1, -0.05) is 23.7 Å². The number of carboxylic acid groups (broad SMARTS) is 1. The van der Waals surface area contributed by atoms with Crippen molar-refractivity contribution >= 4 is 41.4 Å². The molecule has 1 aliphatic heterocycles. The van der Waals surface area contributed by atoms with Gasteiger partial charge in [-0.25, -0.2) is 23.7 Å². The Labute approximate surface area is 223 Å². The number of urea groups is 3. The summed E-state index contributed by atoms with van der Waals surface area (Å²) in [6.45, 7) is 2.71. The van der Waals surface area contributed by atoms with E-state index in [9.17, 15) is 23.6 Å². The molecule has 1 fully saturated rings. The SMILES string of the molecule is CC(C)Oc1ccc(NC2NC(=O)N(CCNC(=O)NCC(=O)O)C(=O)N2Cc2ccc(Cl)cc2)cc1F. The van der Waals surface area contributed by atoms with Crippen LogP contribution in [0.3, 0.4) is 0 Å². The number of benzene rings is 2. The summed E-state index contributed by atoms with van der Waals surface area (Å²) in [5.41, 5.74) is 1.01. The van der Waals surface area contributed by atoms with Crippen molar-refractivity contribution in [2.24, 2.45) is 0 Å². The number of ether oxygens (including phenoxy) is 1. The maximum Gasteiger partial charge on any atom is 0.331 e. The number of amides is 6. The normalized spacial score (nSPS) is 15.2. The Hall–Kier alpha value is -4.26. The zero-order valence-electron chi connectivity index (χ0n) is 20.7. The van der Waals surface area contributed by atoms with Crippen LogP contribution in [0.2, 0.25) is 5.02 Å². The van der Waals surface area contributed by atoms with Crippen LogP contribution in [0.1, 0.15) is 19.4 Å². The van der Waals surface area contributed by atoms with Gasteiger partial charge in [0.1, 0.15) is 6.54 Å². The van der Waals surface area contributed by atoms with Crippen LogP contribution in [0, 0.1) is 5.82 Å². The number of halogens is 2. The summed E-state index contributed by atoms with van der Waals surface area (Å²) in [6.07, 6.45) is -1.26. The van der Waals surface area contributed by atoms with Crippen LogP contribution in [0.5, 0.6) is 5.75 Å². The molecule has 0 spiro atoms. The smallest absolute Gasteiger partial charge is 0.331 e. The molecule has 3 rings (SSSR count). The maximum atomic E-state index is 14.5. The van der Waals surface area contributed by atoms with Crippen molar-refractivity contribution in [3.05, 3.63) is 58.9 Å². The van der Waals surface area contributed by atoms with E-state index >= 15 is 0 Å². The van der Waals surface area contributed by atoms with Crippen molar-refractivity contribution in [2.75, 3.05) is 25.0 Å². The lowest BCUT2D eigenvalue weighted by atomic mass is 10.2. The number of carbonyl (C=O) groups excluding carboxylic acids is 3. The molecule has 2 aromatic rings. The average molecular weight is 551 g/mol. The maximum absolute atomic E-state index is 14.5. The minimum absolute atomic E-state index is 0.0635. The van der Waals surface area contributed by atoms with Crippen LogP contribution < -0.4 is 26.0 Å². The van der Waals surface area contributed by atoms with E-state index in [1.165, 1.54) is 17.0 Å². The summed E-state index contributed by atoms with van der Waals surface area (Å²) < 4.78 is 20.0. The molecule has 1 unspecified atom stereocenters. The predicted molar refractivity (Wildman–Crippen MR) is 136 cm³/mol. The average Bonchev–Trinajstić information content (AvgIpc) is 2.85. The molecule has 204 valence electrons. The number of nitrogens with zero attached hydrogens (tertiary/aromatic N) is 2. The first-order valence-electron chi connectivity index (χ1n) is 11.6. The highest BCUT2D eigenvalue weighted by molar-refractivity contribution is 6.30. The molecule has 5 N–H and O–H groups in total. The Morgan fingerprint density at radius 2 is 1.87 bits per heavy atom. The van der Waals surface area contributed by atoms with Gasteiger partial charge in [-0.3, -0.25) is 15.0 Å². The number of nitrogens with one attached hydrogen (secondary N) is 4. The highest BCUT2D eigenvalue weighted by atomic mass is 35.5. The van der Waals surface area contributed by atoms with E-state index < -0.39 is 42.7 Å². The summed E-state index contributed by atoms with van der Waals surface area (Å²) in [5.74, 6) is -1.77. The molecule has 0 saturated carbocycles. The van der Waals surface area contributed by atoms with Crippen molar-refractivity contribution in [1.29, 1.82) is 0 Å². The standard InChI is InChI=1S/C24H28ClFN6O6/c1-14(2)38-19-8-7-17(11-18(19)26)29-21-30-23(36)31(10-9-27-22(35)28-12-20(33)34)24(37)32(21)13-15-3-5-16(25)6-4-15/h3-8,11,14,21,29H,9-10,12-13H2,1-2H3,(H,30,36)(H,33,34)(H2,27,28,35). The topological polar surface area (TPSA) is 152 Å². The van der Waals surface area contributed by atoms with Gasteiger partial charge in [-0.15, -0.1) is 0 Å². The lowest BCUT2D eigenvalue weighted by Gasteiger charge is -2.41. The third-order valence-electron chi connectivity index (χ3n) is 5.18. The van der Waals surface area contributed by atoms with E-state index in [-0.39, 0.29) is 31.5 Å². The van der Waals surface area contributed by atoms with Crippen molar-refractivity contribution in [3.8, 4) is 5.75 Å². The molecule has 0 aliphatic carbocycles. The van der Waals surface area contributed by atoms with Gasteiger partial charge in [0.05, 0.1) is 12.6 Å². The first-order chi connectivity index (χ1) is 18.0. The van der Waals surface area contributed by atoms with Gasteiger partial charge < -0.3 is 25.8 Å². The predicted octanol–water partition coefficient (Wildman–Crippen LogP) is 2.99. The number of hydrogen-bond acceptors (Lipinski definition) is 6. The zero-order chi connectivity index (χ0) is 27.8. The van der Waals surface area contributed by atoms with Crippen molar-refractivity contribution < 1.29 is 33.4 Å². The fraction of sp³-hybridized carbons (Fsp3) is 0.333. The molecule has 1 aliphatic rings. The second-order valence-electron chi connectivity index (χ2n) is 8.50. The molecule has 1 heterocycles. The molecule has 1 atom stereocenters.